The molecule has 0 spiro atoms. The highest BCUT2D eigenvalue weighted by molar-refractivity contribution is 5.84. The zero-order valence-electron chi connectivity index (χ0n) is 8.12. The maximum absolute atomic E-state index is 11.4. The Morgan fingerprint density at radius 1 is 1.38 bits per heavy atom. The quantitative estimate of drug-likeness (QED) is 0.582. The van der Waals surface area contributed by atoms with Crippen molar-refractivity contribution in [2.45, 2.75) is 26.3 Å². The molecule has 13 heavy (non-hydrogen) atoms. The molecular weight excluding hydrogens is 170 g/mol. The van der Waals surface area contributed by atoms with Crippen molar-refractivity contribution in [3.63, 3.8) is 0 Å². The standard InChI is InChI=1S/C8H17N3O2/c1-6(2)11(5-7(10)12)8(13)3-4-9/h6H,3-5,9H2,1-2H3,(H2,10,12). The Morgan fingerprint density at radius 3 is 2.23 bits per heavy atom. The normalized spacial score (nSPS) is 10.2. The summed E-state index contributed by atoms with van der Waals surface area (Å²) in [5.41, 5.74) is 10.2. The number of carbonyl (C=O) groups is 2. The molecule has 0 unspecified atom stereocenters. The number of nitrogens with zero attached hydrogens (tertiary/aromatic N) is 1. The van der Waals surface area contributed by atoms with Gasteiger partial charge < -0.3 is 16.4 Å². The molecule has 0 aromatic rings. The lowest BCUT2D eigenvalue weighted by atomic mass is 10.2. The van der Waals surface area contributed by atoms with Crippen LogP contribution in [0.15, 0.2) is 0 Å². The Labute approximate surface area is 78.1 Å². The molecule has 0 aromatic carbocycles. The van der Waals surface area contributed by atoms with Crippen LogP contribution in [-0.2, 0) is 9.59 Å². The van der Waals surface area contributed by atoms with Crippen molar-refractivity contribution < 1.29 is 9.59 Å². The fourth-order valence-corrected chi connectivity index (χ4v) is 0.994. The lowest BCUT2D eigenvalue weighted by Gasteiger charge is -2.25. The van der Waals surface area contributed by atoms with Gasteiger partial charge in [0.25, 0.3) is 0 Å². The molecule has 0 aliphatic rings. The first-order valence-electron chi connectivity index (χ1n) is 4.27. The molecule has 0 saturated heterocycles. The summed E-state index contributed by atoms with van der Waals surface area (Å²) in [6.45, 7) is 3.92. The maximum atomic E-state index is 11.4. The second kappa shape index (κ2) is 5.53. The number of amides is 2. The van der Waals surface area contributed by atoms with E-state index in [4.69, 9.17) is 11.5 Å². The van der Waals surface area contributed by atoms with E-state index in [1.165, 1.54) is 4.90 Å². The number of carbonyl (C=O) groups excluding carboxylic acids is 2. The number of nitrogens with two attached hydrogens (primary N) is 2. The van der Waals surface area contributed by atoms with Crippen LogP contribution in [0.3, 0.4) is 0 Å². The van der Waals surface area contributed by atoms with Gasteiger partial charge in [0.1, 0.15) is 0 Å². The number of hydrogen-bond acceptors (Lipinski definition) is 3. The van der Waals surface area contributed by atoms with Gasteiger partial charge in [-0.2, -0.15) is 0 Å². The van der Waals surface area contributed by atoms with Crippen LogP contribution in [0.25, 0.3) is 0 Å². The smallest absolute Gasteiger partial charge is 0.237 e. The Kier molecular flexibility index (Phi) is 5.06. The van der Waals surface area contributed by atoms with E-state index >= 15 is 0 Å². The van der Waals surface area contributed by atoms with Crippen LogP contribution in [0.5, 0.6) is 0 Å². The number of primary amides is 1. The van der Waals surface area contributed by atoms with Gasteiger partial charge in [0.05, 0.1) is 6.54 Å². The topological polar surface area (TPSA) is 89.4 Å². The Balaban J connectivity index is 4.24. The van der Waals surface area contributed by atoms with E-state index in [-0.39, 0.29) is 24.9 Å². The highest BCUT2D eigenvalue weighted by atomic mass is 16.2. The molecule has 5 nitrogen and oxygen atoms in total. The van der Waals surface area contributed by atoms with Crippen LogP contribution in [0.1, 0.15) is 20.3 Å². The second-order valence-electron chi connectivity index (χ2n) is 3.12. The van der Waals surface area contributed by atoms with Gasteiger partial charge in [-0.15, -0.1) is 0 Å². The van der Waals surface area contributed by atoms with Gasteiger partial charge >= 0.3 is 0 Å². The third kappa shape index (κ3) is 4.47. The van der Waals surface area contributed by atoms with E-state index < -0.39 is 5.91 Å². The lowest BCUT2D eigenvalue weighted by molar-refractivity contribution is -0.136. The van der Waals surface area contributed by atoms with Crippen molar-refractivity contribution in [1.82, 2.24) is 4.90 Å². The summed E-state index contributed by atoms with van der Waals surface area (Å²) in [5, 5.41) is 0. The minimum absolute atomic E-state index is 0.0217. The van der Waals surface area contributed by atoms with E-state index in [0.717, 1.165) is 0 Å². The van der Waals surface area contributed by atoms with Crippen molar-refractivity contribution in [3.05, 3.63) is 0 Å². The third-order valence-corrected chi connectivity index (χ3v) is 1.63. The van der Waals surface area contributed by atoms with Gasteiger partial charge in [0, 0.05) is 19.0 Å². The zero-order valence-corrected chi connectivity index (χ0v) is 8.12. The summed E-state index contributed by atoms with van der Waals surface area (Å²) in [7, 11) is 0. The maximum Gasteiger partial charge on any atom is 0.237 e. The summed E-state index contributed by atoms with van der Waals surface area (Å²) in [5.74, 6) is -0.629. The molecule has 4 N–H and O–H groups in total. The molecule has 0 saturated carbocycles. The van der Waals surface area contributed by atoms with Crippen LogP contribution in [0, 0.1) is 0 Å². The van der Waals surface area contributed by atoms with Gasteiger partial charge in [0.15, 0.2) is 0 Å². The Hall–Kier alpha value is -1.10. The predicted molar refractivity (Wildman–Crippen MR) is 49.7 cm³/mol. The highest BCUT2D eigenvalue weighted by Crippen LogP contribution is 2.00. The fraction of sp³-hybridized carbons (Fsp3) is 0.750. The van der Waals surface area contributed by atoms with Gasteiger partial charge in [-0.25, -0.2) is 0 Å². The van der Waals surface area contributed by atoms with Crippen LogP contribution in [0.4, 0.5) is 0 Å². The number of rotatable bonds is 5. The summed E-state index contributed by atoms with van der Waals surface area (Å²) in [6.07, 6.45) is 0.255. The highest BCUT2D eigenvalue weighted by Gasteiger charge is 2.17. The third-order valence-electron chi connectivity index (χ3n) is 1.63. The van der Waals surface area contributed by atoms with Crippen LogP contribution < -0.4 is 11.5 Å². The molecule has 5 heteroatoms. The predicted octanol–water partition coefficient (Wildman–Crippen LogP) is -0.942. The molecule has 0 radical (unpaired) electrons. The summed E-state index contributed by atoms with van der Waals surface area (Å²) in [6, 6.07) is -0.0217. The second-order valence-corrected chi connectivity index (χ2v) is 3.12. The summed E-state index contributed by atoms with van der Waals surface area (Å²) in [4.78, 5) is 23.4. The van der Waals surface area contributed by atoms with E-state index in [9.17, 15) is 9.59 Å². The first-order valence-corrected chi connectivity index (χ1v) is 4.27. The SMILES string of the molecule is CC(C)N(CC(N)=O)C(=O)CCN. The van der Waals surface area contributed by atoms with Crippen molar-refractivity contribution >= 4 is 11.8 Å². The summed E-state index contributed by atoms with van der Waals surface area (Å²) < 4.78 is 0. The summed E-state index contributed by atoms with van der Waals surface area (Å²) >= 11 is 0. The Bertz CT molecular complexity index is 192. The molecular formula is C8H17N3O2. The minimum Gasteiger partial charge on any atom is -0.368 e. The first-order chi connectivity index (χ1) is 5.99. The zero-order chi connectivity index (χ0) is 10.4. The van der Waals surface area contributed by atoms with Crippen molar-refractivity contribution in [1.29, 1.82) is 0 Å². The van der Waals surface area contributed by atoms with Gasteiger partial charge in [0.2, 0.25) is 11.8 Å². The molecule has 0 fully saturated rings. The molecule has 0 bridgehead atoms. The van der Waals surface area contributed by atoms with Crippen LogP contribution in [-0.4, -0.2) is 35.8 Å². The van der Waals surface area contributed by atoms with Crippen molar-refractivity contribution in [2.24, 2.45) is 11.5 Å². The largest absolute Gasteiger partial charge is 0.368 e. The average Bonchev–Trinajstić information content (AvgIpc) is 1.99. The van der Waals surface area contributed by atoms with Gasteiger partial charge in [-0.1, -0.05) is 0 Å². The van der Waals surface area contributed by atoms with E-state index in [0.29, 0.717) is 6.54 Å². The molecule has 0 atom stereocenters. The van der Waals surface area contributed by atoms with E-state index in [1.54, 1.807) is 0 Å². The molecule has 2 amide bonds. The van der Waals surface area contributed by atoms with Crippen LogP contribution >= 0.6 is 0 Å². The monoisotopic (exact) mass is 187 g/mol. The molecule has 0 aromatic heterocycles. The molecule has 0 heterocycles. The minimum atomic E-state index is -0.501. The van der Waals surface area contributed by atoms with Gasteiger partial charge in [-0.3, -0.25) is 9.59 Å². The fourth-order valence-electron chi connectivity index (χ4n) is 0.994. The molecule has 76 valence electrons. The van der Waals surface area contributed by atoms with Gasteiger partial charge in [-0.05, 0) is 13.8 Å². The Morgan fingerprint density at radius 2 is 1.92 bits per heavy atom. The lowest BCUT2D eigenvalue weighted by Crippen LogP contribution is -2.43. The van der Waals surface area contributed by atoms with E-state index in [2.05, 4.69) is 0 Å². The average molecular weight is 187 g/mol. The van der Waals surface area contributed by atoms with Crippen LogP contribution in [0.2, 0.25) is 0 Å². The molecule has 0 rings (SSSR count). The molecule has 0 aliphatic carbocycles. The van der Waals surface area contributed by atoms with E-state index in [1.807, 2.05) is 13.8 Å². The van der Waals surface area contributed by atoms with Crippen molar-refractivity contribution in [2.75, 3.05) is 13.1 Å². The molecule has 0 aliphatic heterocycles. The van der Waals surface area contributed by atoms with Crippen molar-refractivity contribution in [3.8, 4) is 0 Å². The number of hydrogen-bond donors (Lipinski definition) is 2. The first kappa shape index (κ1) is 11.9.